The van der Waals surface area contributed by atoms with Crippen LogP contribution in [0, 0.1) is 0 Å². The monoisotopic (exact) mass is 249 g/mol. The van der Waals surface area contributed by atoms with Gasteiger partial charge in [0.15, 0.2) is 0 Å². The Hall–Kier alpha value is -1.88. The standard InChI is InChI=1S/C13H15NO4/c15-8-13(6-3-7-13)14-11(16)9-4-1-2-5-10(9)12(17)18/h1-2,4-5,15H,3,6-8H2,(H,14,16)(H,17,18). The summed E-state index contributed by atoms with van der Waals surface area (Å²) in [5, 5.41) is 21.0. The van der Waals surface area contributed by atoms with Gasteiger partial charge < -0.3 is 15.5 Å². The fourth-order valence-corrected chi connectivity index (χ4v) is 2.10. The third-order valence-corrected chi connectivity index (χ3v) is 3.39. The first-order valence-corrected chi connectivity index (χ1v) is 5.84. The molecule has 0 aromatic heterocycles. The molecule has 0 aliphatic heterocycles. The lowest BCUT2D eigenvalue weighted by atomic mass is 9.77. The fraction of sp³-hybridized carbons (Fsp3) is 0.385. The molecule has 3 N–H and O–H groups in total. The number of carboxylic acids is 1. The highest BCUT2D eigenvalue weighted by Crippen LogP contribution is 2.31. The number of hydrogen-bond donors (Lipinski definition) is 3. The maximum Gasteiger partial charge on any atom is 0.336 e. The average molecular weight is 249 g/mol. The summed E-state index contributed by atoms with van der Waals surface area (Å²) in [6, 6.07) is 6.06. The Morgan fingerprint density at radius 3 is 2.28 bits per heavy atom. The van der Waals surface area contributed by atoms with E-state index >= 15 is 0 Å². The number of hydrogen-bond acceptors (Lipinski definition) is 3. The lowest BCUT2D eigenvalue weighted by molar-refractivity contribution is 0.0625. The SMILES string of the molecule is O=C(O)c1ccccc1C(=O)NC1(CO)CCC1. The summed E-state index contributed by atoms with van der Waals surface area (Å²) in [5.74, 6) is -1.57. The van der Waals surface area contributed by atoms with Crippen molar-refractivity contribution < 1.29 is 19.8 Å². The average Bonchev–Trinajstić information content (AvgIpc) is 2.33. The molecular formula is C13H15NO4. The molecule has 0 atom stereocenters. The summed E-state index contributed by atoms with van der Waals surface area (Å²) in [6.45, 7) is -0.117. The Balaban J connectivity index is 2.21. The van der Waals surface area contributed by atoms with Gasteiger partial charge in [0.25, 0.3) is 5.91 Å². The molecular weight excluding hydrogens is 234 g/mol. The molecule has 96 valence electrons. The Kier molecular flexibility index (Phi) is 3.34. The molecule has 1 fully saturated rings. The van der Waals surface area contributed by atoms with Crippen molar-refractivity contribution in [3.05, 3.63) is 35.4 Å². The number of benzene rings is 1. The van der Waals surface area contributed by atoms with Gasteiger partial charge in [-0.1, -0.05) is 12.1 Å². The largest absolute Gasteiger partial charge is 0.478 e. The van der Waals surface area contributed by atoms with Gasteiger partial charge in [0.2, 0.25) is 0 Å². The van der Waals surface area contributed by atoms with Crippen LogP contribution in [0.2, 0.25) is 0 Å². The minimum absolute atomic E-state index is 0.0255. The summed E-state index contributed by atoms with van der Waals surface area (Å²) < 4.78 is 0. The van der Waals surface area contributed by atoms with Crippen molar-refractivity contribution >= 4 is 11.9 Å². The Labute approximate surface area is 104 Å². The van der Waals surface area contributed by atoms with Gasteiger partial charge in [0.05, 0.1) is 23.3 Å². The van der Waals surface area contributed by atoms with Gasteiger partial charge >= 0.3 is 5.97 Å². The predicted molar refractivity (Wildman–Crippen MR) is 64.5 cm³/mol. The zero-order chi connectivity index (χ0) is 13.2. The van der Waals surface area contributed by atoms with Crippen LogP contribution in [0.5, 0.6) is 0 Å². The van der Waals surface area contributed by atoms with E-state index in [0.717, 1.165) is 19.3 Å². The van der Waals surface area contributed by atoms with Gasteiger partial charge in [-0.3, -0.25) is 4.79 Å². The Morgan fingerprint density at radius 1 is 1.22 bits per heavy atom. The molecule has 5 nitrogen and oxygen atoms in total. The molecule has 0 spiro atoms. The molecule has 1 aromatic carbocycles. The third kappa shape index (κ3) is 2.22. The predicted octanol–water partition coefficient (Wildman–Crippen LogP) is 1.03. The van der Waals surface area contributed by atoms with Crippen molar-refractivity contribution in [2.75, 3.05) is 6.61 Å². The van der Waals surface area contributed by atoms with E-state index < -0.39 is 17.4 Å². The van der Waals surface area contributed by atoms with Crippen LogP contribution in [0.4, 0.5) is 0 Å². The van der Waals surface area contributed by atoms with E-state index in [1.165, 1.54) is 12.1 Å². The molecule has 0 saturated heterocycles. The van der Waals surface area contributed by atoms with Gasteiger partial charge in [-0.25, -0.2) is 4.79 Å². The minimum atomic E-state index is -1.13. The molecule has 1 saturated carbocycles. The number of carbonyl (C=O) groups is 2. The zero-order valence-electron chi connectivity index (χ0n) is 9.85. The molecule has 0 unspecified atom stereocenters. The van der Waals surface area contributed by atoms with Gasteiger partial charge in [-0.05, 0) is 31.4 Å². The molecule has 0 radical (unpaired) electrons. The number of aliphatic hydroxyl groups excluding tert-OH is 1. The van der Waals surface area contributed by atoms with Crippen LogP contribution < -0.4 is 5.32 Å². The maximum atomic E-state index is 12.1. The molecule has 0 bridgehead atoms. The minimum Gasteiger partial charge on any atom is -0.478 e. The van der Waals surface area contributed by atoms with Crippen molar-refractivity contribution in [2.24, 2.45) is 0 Å². The number of amides is 1. The second-order valence-corrected chi connectivity index (χ2v) is 4.60. The van der Waals surface area contributed by atoms with Crippen LogP contribution in [-0.2, 0) is 0 Å². The van der Waals surface area contributed by atoms with Gasteiger partial charge in [0, 0.05) is 0 Å². The molecule has 1 aromatic rings. The smallest absolute Gasteiger partial charge is 0.336 e. The number of carboxylic acid groups (broad SMARTS) is 1. The number of rotatable bonds is 4. The maximum absolute atomic E-state index is 12.1. The molecule has 1 amide bonds. The highest BCUT2D eigenvalue weighted by Gasteiger charge is 2.38. The molecule has 18 heavy (non-hydrogen) atoms. The second-order valence-electron chi connectivity index (χ2n) is 4.60. The summed E-state index contributed by atoms with van der Waals surface area (Å²) >= 11 is 0. The van der Waals surface area contributed by atoms with E-state index in [9.17, 15) is 14.7 Å². The first-order valence-electron chi connectivity index (χ1n) is 5.84. The van der Waals surface area contributed by atoms with Gasteiger partial charge in [0.1, 0.15) is 0 Å². The van der Waals surface area contributed by atoms with Crippen LogP contribution in [-0.4, -0.2) is 34.2 Å². The summed E-state index contributed by atoms with van der Waals surface area (Å²) in [6.07, 6.45) is 2.41. The van der Waals surface area contributed by atoms with E-state index in [0.29, 0.717) is 0 Å². The molecule has 1 aliphatic carbocycles. The van der Waals surface area contributed by atoms with E-state index in [-0.39, 0.29) is 17.7 Å². The van der Waals surface area contributed by atoms with Crippen molar-refractivity contribution in [3.63, 3.8) is 0 Å². The van der Waals surface area contributed by atoms with Gasteiger partial charge in [-0.15, -0.1) is 0 Å². The molecule has 1 aliphatic rings. The normalized spacial score (nSPS) is 16.7. The summed E-state index contributed by atoms with van der Waals surface area (Å²) in [4.78, 5) is 23.1. The van der Waals surface area contributed by atoms with E-state index in [1.807, 2.05) is 0 Å². The van der Waals surface area contributed by atoms with Crippen molar-refractivity contribution in [2.45, 2.75) is 24.8 Å². The summed E-state index contributed by atoms with van der Waals surface area (Å²) in [7, 11) is 0. The first-order chi connectivity index (χ1) is 8.58. The Bertz CT molecular complexity index is 474. The molecule has 2 rings (SSSR count). The molecule has 5 heteroatoms. The highest BCUT2D eigenvalue weighted by molar-refractivity contribution is 6.05. The van der Waals surface area contributed by atoms with E-state index in [2.05, 4.69) is 5.32 Å². The van der Waals surface area contributed by atoms with E-state index in [4.69, 9.17) is 5.11 Å². The highest BCUT2D eigenvalue weighted by atomic mass is 16.4. The summed E-state index contributed by atoms with van der Waals surface area (Å²) in [5.41, 5.74) is -0.463. The lowest BCUT2D eigenvalue weighted by Gasteiger charge is -2.41. The fourth-order valence-electron chi connectivity index (χ4n) is 2.10. The number of nitrogens with one attached hydrogen (secondary N) is 1. The van der Waals surface area contributed by atoms with E-state index in [1.54, 1.807) is 12.1 Å². The van der Waals surface area contributed by atoms with Crippen molar-refractivity contribution in [3.8, 4) is 0 Å². The molecule has 0 heterocycles. The zero-order valence-corrected chi connectivity index (χ0v) is 9.85. The quantitative estimate of drug-likeness (QED) is 0.743. The number of aromatic carboxylic acids is 1. The van der Waals surface area contributed by atoms with Crippen molar-refractivity contribution in [1.29, 1.82) is 0 Å². The lowest BCUT2D eigenvalue weighted by Crippen LogP contribution is -2.56. The van der Waals surface area contributed by atoms with Crippen LogP contribution in [0.3, 0.4) is 0 Å². The first kappa shape index (κ1) is 12.6. The van der Waals surface area contributed by atoms with Gasteiger partial charge in [-0.2, -0.15) is 0 Å². The number of aliphatic hydroxyl groups is 1. The van der Waals surface area contributed by atoms with Crippen LogP contribution in [0.25, 0.3) is 0 Å². The second kappa shape index (κ2) is 4.78. The van der Waals surface area contributed by atoms with Crippen LogP contribution in [0.15, 0.2) is 24.3 Å². The van der Waals surface area contributed by atoms with Crippen LogP contribution >= 0.6 is 0 Å². The topological polar surface area (TPSA) is 86.6 Å². The van der Waals surface area contributed by atoms with Crippen molar-refractivity contribution in [1.82, 2.24) is 5.32 Å². The number of carbonyl (C=O) groups excluding carboxylic acids is 1. The van der Waals surface area contributed by atoms with Crippen LogP contribution in [0.1, 0.15) is 40.0 Å². The third-order valence-electron chi connectivity index (χ3n) is 3.39. The Morgan fingerprint density at radius 2 is 1.83 bits per heavy atom.